The molecule has 2 aliphatic rings. The molecule has 2 amide bonds. The molecule has 0 saturated heterocycles. The Labute approximate surface area is 216 Å². The SMILES string of the molecule is C[N+](C(=O)Nc1c2c(c(C#N)c3c1CCC3)CCC2)=S(N)(=O)c1cc(C(C)(C)O)n(-c2ccccc2)n1. The van der Waals surface area contributed by atoms with Crippen molar-refractivity contribution in [3.8, 4) is 11.8 Å². The summed E-state index contributed by atoms with van der Waals surface area (Å²) in [5.74, 6) is 0. The van der Waals surface area contributed by atoms with E-state index in [1.807, 2.05) is 30.3 Å². The molecule has 0 spiro atoms. The van der Waals surface area contributed by atoms with Gasteiger partial charge in [0.05, 0.1) is 30.1 Å². The first kappa shape index (κ1) is 25.1. The Hall–Kier alpha value is -3.52. The van der Waals surface area contributed by atoms with E-state index in [0.717, 1.165) is 76.0 Å². The summed E-state index contributed by atoms with van der Waals surface area (Å²) in [5.41, 5.74) is 5.29. The van der Waals surface area contributed by atoms with Gasteiger partial charge in [-0.2, -0.15) is 15.2 Å². The summed E-state index contributed by atoms with van der Waals surface area (Å²) < 4.78 is 16.3. The molecule has 1 atom stereocenters. The van der Waals surface area contributed by atoms with Gasteiger partial charge in [-0.1, -0.05) is 18.2 Å². The average Bonchev–Trinajstić information content (AvgIpc) is 3.63. The maximum Gasteiger partial charge on any atom is 0.505 e. The highest BCUT2D eigenvalue weighted by Crippen LogP contribution is 2.41. The lowest BCUT2D eigenvalue weighted by Crippen LogP contribution is -2.34. The number of nitriles is 1. The summed E-state index contributed by atoms with van der Waals surface area (Å²) in [7, 11) is -2.21. The van der Waals surface area contributed by atoms with Crippen LogP contribution in [0.3, 0.4) is 0 Å². The molecule has 0 bridgehead atoms. The number of hydrogen-bond acceptors (Lipinski definition) is 5. The highest BCUT2D eigenvalue weighted by Gasteiger charge is 2.34. The average molecular weight is 520 g/mol. The van der Waals surface area contributed by atoms with E-state index >= 15 is 0 Å². The molecule has 192 valence electrons. The van der Waals surface area contributed by atoms with Crippen molar-refractivity contribution in [2.75, 3.05) is 12.4 Å². The quantitative estimate of drug-likeness (QED) is 0.453. The largest absolute Gasteiger partial charge is 0.505 e. The van der Waals surface area contributed by atoms with Crippen LogP contribution in [0.4, 0.5) is 10.5 Å². The fourth-order valence-corrected chi connectivity index (χ4v) is 6.45. The Morgan fingerprint density at radius 2 is 1.70 bits per heavy atom. The second-order valence-electron chi connectivity index (χ2n) is 10.2. The molecule has 1 heterocycles. The third-order valence-corrected chi connectivity index (χ3v) is 9.07. The van der Waals surface area contributed by atoms with Gasteiger partial charge >= 0.3 is 6.03 Å². The fourth-order valence-electron chi connectivity index (χ4n) is 5.39. The van der Waals surface area contributed by atoms with Crippen LogP contribution >= 0.6 is 0 Å². The van der Waals surface area contributed by atoms with Crippen molar-refractivity contribution in [1.29, 1.82) is 5.26 Å². The van der Waals surface area contributed by atoms with Crippen LogP contribution in [-0.4, -0.2) is 36.1 Å². The first-order valence-corrected chi connectivity index (χ1v) is 14.0. The maximum atomic E-state index is 13.9. The molecule has 1 unspecified atom stereocenters. The minimum atomic E-state index is -3.59. The van der Waals surface area contributed by atoms with Gasteiger partial charge in [0, 0.05) is 17.2 Å². The molecule has 1 aromatic heterocycles. The van der Waals surface area contributed by atoms with Crippen LogP contribution in [0, 0.1) is 11.3 Å². The van der Waals surface area contributed by atoms with Crippen LogP contribution < -0.4 is 10.5 Å². The molecule has 2 aromatic carbocycles. The van der Waals surface area contributed by atoms with Crippen molar-refractivity contribution in [3.05, 3.63) is 69.9 Å². The van der Waals surface area contributed by atoms with Gasteiger partial charge in [0.2, 0.25) is 9.92 Å². The number of para-hydroxylation sites is 1. The van der Waals surface area contributed by atoms with Crippen molar-refractivity contribution in [2.45, 2.75) is 63.0 Å². The van der Waals surface area contributed by atoms with E-state index in [4.69, 9.17) is 5.14 Å². The van der Waals surface area contributed by atoms with Gasteiger partial charge in [-0.3, -0.25) is 0 Å². The number of nitrogens with two attached hydrogens (primary N) is 1. The summed E-state index contributed by atoms with van der Waals surface area (Å²) in [6.45, 7) is 3.21. The highest BCUT2D eigenvalue weighted by atomic mass is 32.2. The van der Waals surface area contributed by atoms with Gasteiger partial charge in [-0.05, 0) is 75.6 Å². The van der Waals surface area contributed by atoms with Crippen LogP contribution in [0.25, 0.3) is 5.69 Å². The summed E-state index contributed by atoms with van der Waals surface area (Å²) >= 11 is 0. The smallest absolute Gasteiger partial charge is 0.384 e. The van der Waals surface area contributed by atoms with E-state index in [1.54, 1.807) is 13.8 Å². The molecule has 10 heteroatoms. The third kappa shape index (κ3) is 4.23. The molecule has 4 N–H and O–H groups in total. The number of anilines is 1. The number of amides is 2. The number of nitrogens with zero attached hydrogens (tertiary/aromatic N) is 4. The number of carbonyl (C=O) groups excluding carboxylic acids is 1. The first-order valence-electron chi connectivity index (χ1n) is 12.4. The fraction of sp³-hybridized carbons (Fsp3) is 0.370. The van der Waals surface area contributed by atoms with Crippen LogP contribution in [0.15, 0.2) is 41.4 Å². The molecule has 0 aliphatic heterocycles. The molecule has 5 rings (SSSR count). The van der Waals surface area contributed by atoms with Crippen molar-refractivity contribution >= 4 is 21.6 Å². The van der Waals surface area contributed by atoms with E-state index in [2.05, 4.69) is 16.5 Å². The Kier molecular flexibility index (Phi) is 6.18. The minimum Gasteiger partial charge on any atom is -0.384 e. The number of aromatic nitrogens is 2. The number of carbonyl (C=O) groups is 1. The van der Waals surface area contributed by atoms with Gasteiger partial charge in [0.1, 0.15) is 11.3 Å². The van der Waals surface area contributed by atoms with Gasteiger partial charge in [-0.15, -0.1) is 3.95 Å². The first-order chi connectivity index (χ1) is 17.5. The van der Waals surface area contributed by atoms with E-state index in [0.29, 0.717) is 11.4 Å². The number of aliphatic hydroxyl groups is 1. The highest BCUT2D eigenvalue weighted by molar-refractivity contribution is 7.89. The van der Waals surface area contributed by atoms with Crippen LogP contribution in [0.2, 0.25) is 0 Å². The Balaban J connectivity index is 1.58. The van der Waals surface area contributed by atoms with E-state index in [1.165, 1.54) is 17.8 Å². The van der Waals surface area contributed by atoms with Crippen molar-refractivity contribution < 1.29 is 18.1 Å². The Morgan fingerprint density at radius 3 is 2.24 bits per heavy atom. The topological polar surface area (TPSA) is 137 Å². The molecule has 3 aromatic rings. The molecular formula is C27H31N6O3S+. The zero-order chi connectivity index (χ0) is 26.5. The molecule has 37 heavy (non-hydrogen) atoms. The lowest BCUT2D eigenvalue weighted by Gasteiger charge is -2.18. The van der Waals surface area contributed by atoms with E-state index < -0.39 is 21.5 Å². The monoisotopic (exact) mass is 519 g/mol. The van der Waals surface area contributed by atoms with Crippen molar-refractivity contribution in [3.63, 3.8) is 0 Å². The number of fused-ring (bicyclic) bond motifs is 2. The second-order valence-corrected chi connectivity index (χ2v) is 12.3. The van der Waals surface area contributed by atoms with E-state index in [9.17, 15) is 19.4 Å². The van der Waals surface area contributed by atoms with Crippen molar-refractivity contribution in [2.24, 2.45) is 5.14 Å². The number of nitrogens with one attached hydrogen (secondary N) is 1. The summed E-state index contributed by atoms with van der Waals surface area (Å²) in [6.07, 6.45) is 5.05. The maximum absolute atomic E-state index is 13.9. The van der Waals surface area contributed by atoms with Crippen LogP contribution in [-0.2, 0) is 41.2 Å². The lowest BCUT2D eigenvalue weighted by molar-refractivity contribution is -0.364. The zero-order valence-corrected chi connectivity index (χ0v) is 22.1. The minimum absolute atomic E-state index is 0.0126. The van der Waals surface area contributed by atoms with Crippen LogP contribution in [0.1, 0.15) is 60.2 Å². The Bertz CT molecular complexity index is 1550. The lowest BCUT2D eigenvalue weighted by atomic mass is 9.93. The second kappa shape index (κ2) is 9.10. The molecular weight excluding hydrogens is 488 g/mol. The van der Waals surface area contributed by atoms with Gasteiger partial charge in [-0.25, -0.2) is 19.3 Å². The summed E-state index contributed by atoms with van der Waals surface area (Å²) in [4.78, 5) is 13.5. The van der Waals surface area contributed by atoms with Crippen molar-refractivity contribution in [1.82, 2.24) is 9.78 Å². The number of hydrogen-bond donors (Lipinski definition) is 3. The molecule has 2 aliphatic carbocycles. The van der Waals surface area contributed by atoms with Gasteiger partial charge in [0.25, 0.3) is 0 Å². The van der Waals surface area contributed by atoms with Crippen LogP contribution in [0.5, 0.6) is 0 Å². The molecule has 0 saturated carbocycles. The molecule has 9 nitrogen and oxygen atoms in total. The van der Waals surface area contributed by atoms with E-state index in [-0.39, 0.29) is 5.03 Å². The standard InChI is InChI=1S/C27H30N6O3S/c1-27(2,35)23-15-24(31-33(23)17-9-5-4-6-10-17)37(29,36)32(3)26(34)30-25-20-13-7-11-18(20)22(16-28)19-12-8-14-21(19)25/h4-6,9-10,15,29,35H,7-8,11-14H2,1-3H3,(H,30,34)/p+1. The number of rotatable bonds is 4. The Morgan fingerprint density at radius 1 is 1.14 bits per heavy atom. The molecule has 0 fully saturated rings. The number of urea groups is 1. The predicted molar refractivity (Wildman–Crippen MR) is 140 cm³/mol. The normalized spacial score (nSPS) is 16.0. The summed E-state index contributed by atoms with van der Waals surface area (Å²) in [6, 6.07) is 12.4. The predicted octanol–water partition coefficient (Wildman–Crippen LogP) is 3.52. The zero-order valence-electron chi connectivity index (χ0n) is 21.2. The van der Waals surface area contributed by atoms with Gasteiger partial charge < -0.3 is 5.11 Å². The molecule has 0 radical (unpaired) electrons. The number of benzene rings is 2. The summed E-state index contributed by atoms with van der Waals surface area (Å²) in [5, 5.41) is 34.3. The third-order valence-electron chi connectivity index (χ3n) is 7.29. The van der Waals surface area contributed by atoms with Gasteiger partial charge in [0.15, 0.2) is 5.03 Å².